The number of nitrogens with one attached hydrogen (secondary N) is 1. The van der Waals surface area contributed by atoms with Crippen LogP contribution in [0, 0.1) is 33.6 Å². The Morgan fingerprint density at radius 2 is 1.79 bits per heavy atom. The molecule has 2 aromatic carbocycles. The van der Waals surface area contributed by atoms with Crippen LogP contribution < -0.4 is 5.32 Å². The summed E-state index contributed by atoms with van der Waals surface area (Å²) >= 11 is 1.57. The van der Waals surface area contributed by atoms with Gasteiger partial charge in [-0.15, -0.1) is 11.3 Å². The summed E-state index contributed by atoms with van der Waals surface area (Å²) in [6.45, 7) is 8.47. The van der Waals surface area contributed by atoms with E-state index in [1.54, 1.807) is 11.3 Å². The molecule has 170 valence electrons. The van der Waals surface area contributed by atoms with E-state index in [2.05, 4.69) is 35.4 Å². The SMILES string of the molecule is Cc1cc(C)cc(C(=O)NC[C@@H]2C[C@H]3C[C@@H]3N2C(=O)c2nc(C)sc2-c2cccc(C)c2)c1. The lowest BCUT2D eigenvalue weighted by Gasteiger charge is -2.27. The van der Waals surface area contributed by atoms with E-state index in [-0.39, 0.29) is 23.9 Å². The molecule has 3 atom stereocenters. The van der Waals surface area contributed by atoms with Crippen LogP contribution in [0.4, 0.5) is 0 Å². The molecule has 1 saturated carbocycles. The van der Waals surface area contributed by atoms with Crippen LogP contribution >= 0.6 is 11.3 Å². The second kappa shape index (κ2) is 8.41. The second-order valence-electron chi connectivity index (χ2n) is 9.53. The highest BCUT2D eigenvalue weighted by Gasteiger charge is 2.54. The summed E-state index contributed by atoms with van der Waals surface area (Å²) in [5.74, 6) is 0.449. The number of benzene rings is 2. The fraction of sp³-hybridized carbons (Fsp3) is 0.370. The van der Waals surface area contributed by atoms with Gasteiger partial charge < -0.3 is 10.2 Å². The zero-order valence-corrected chi connectivity index (χ0v) is 20.3. The fourth-order valence-corrected chi connectivity index (χ4v) is 6.06. The van der Waals surface area contributed by atoms with Crippen LogP contribution in [0.5, 0.6) is 0 Å². The van der Waals surface area contributed by atoms with Crippen LogP contribution in [-0.4, -0.2) is 40.3 Å². The number of hydrogen-bond acceptors (Lipinski definition) is 4. The summed E-state index contributed by atoms with van der Waals surface area (Å²) in [7, 11) is 0. The average molecular weight is 460 g/mol. The number of aryl methyl sites for hydroxylation is 4. The number of fused-ring (bicyclic) bond motifs is 1. The first-order valence-corrected chi connectivity index (χ1v) is 12.4. The molecule has 33 heavy (non-hydrogen) atoms. The summed E-state index contributed by atoms with van der Waals surface area (Å²) in [5, 5.41) is 3.97. The molecule has 1 N–H and O–H groups in total. The van der Waals surface area contributed by atoms with E-state index in [0.717, 1.165) is 45.0 Å². The second-order valence-corrected chi connectivity index (χ2v) is 10.7. The van der Waals surface area contributed by atoms with Gasteiger partial charge in [-0.05, 0) is 64.2 Å². The van der Waals surface area contributed by atoms with Crippen LogP contribution in [0.2, 0.25) is 0 Å². The number of rotatable bonds is 5. The Morgan fingerprint density at radius 3 is 2.52 bits per heavy atom. The van der Waals surface area contributed by atoms with Crippen molar-refractivity contribution in [2.24, 2.45) is 5.92 Å². The van der Waals surface area contributed by atoms with Crippen molar-refractivity contribution in [2.45, 2.75) is 52.6 Å². The van der Waals surface area contributed by atoms with Crippen LogP contribution in [-0.2, 0) is 0 Å². The van der Waals surface area contributed by atoms with Gasteiger partial charge in [-0.3, -0.25) is 9.59 Å². The molecule has 1 aromatic heterocycles. The maximum atomic E-state index is 13.7. The maximum Gasteiger partial charge on any atom is 0.274 e. The molecule has 2 heterocycles. The van der Waals surface area contributed by atoms with Crippen molar-refractivity contribution < 1.29 is 9.59 Å². The lowest BCUT2D eigenvalue weighted by molar-refractivity contribution is 0.0684. The number of hydrogen-bond donors (Lipinski definition) is 1. The zero-order valence-electron chi connectivity index (χ0n) is 19.5. The van der Waals surface area contributed by atoms with Crippen LogP contribution in [0.3, 0.4) is 0 Å². The molecule has 2 amide bonds. The number of amides is 2. The third kappa shape index (κ3) is 4.32. The Morgan fingerprint density at radius 1 is 1.03 bits per heavy atom. The Bertz CT molecular complexity index is 1230. The van der Waals surface area contributed by atoms with Crippen molar-refractivity contribution in [3.63, 3.8) is 0 Å². The molecule has 5 nitrogen and oxygen atoms in total. The van der Waals surface area contributed by atoms with Gasteiger partial charge in [0.25, 0.3) is 11.8 Å². The van der Waals surface area contributed by atoms with Gasteiger partial charge in [0.1, 0.15) is 5.69 Å². The highest BCUT2D eigenvalue weighted by molar-refractivity contribution is 7.15. The molecule has 5 rings (SSSR count). The molecule has 3 aromatic rings. The van der Waals surface area contributed by atoms with Gasteiger partial charge >= 0.3 is 0 Å². The summed E-state index contributed by atoms with van der Waals surface area (Å²) in [6.07, 6.45) is 1.99. The molecule has 1 aliphatic carbocycles. The Balaban J connectivity index is 1.36. The van der Waals surface area contributed by atoms with E-state index in [1.165, 1.54) is 0 Å². The molecule has 0 radical (unpaired) electrons. The van der Waals surface area contributed by atoms with Crippen molar-refractivity contribution in [1.82, 2.24) is 15.2 Å². The zero-order chi connectivity index (χ0) is 23.3. The van der Waals surface area contributed by atoms with Gasteiger partial charge in [-0.1, -0.05) is 47.0 Å². The van der Waals surface area contributed by atoms with Crippen LogP contribution in [0.1, 0.15) is 55.4 Å². The van der Waals surface area contributed by atoms with Crippen LogP contribution in [0.15, 0.2) is 42.5 Å². The van der Waals surface area contributed by atoms with Crippen molar-refractivity contribution in [3.8, 4) is 10.4 Å². The predicted octanol–water partition coefficient (Wildman–Crippen LogP) is 5.08. The lowest BCUT2D eigenvalue weighted by Crippen LogP contribution is -2.45. The van der Waals surface area contributed by atoms with Gasteiger partial charge in [-0.2, -0.15) is 0 Å². The third-order valence-electron chi connectivity index (χ3n) is 6.64. The highest BCUT2D eigenvalue weighted by Crippen LogP contribution is 2.48. The fourth-order valence-electron chi connectivity index (χ4n) is 5.15. The quantitative estimate of drug-likeness (QED) is 0.579. The number of likely N-dealkylation sites (tertiary alicyclic amines) is 1. The largest absolute Gasteiger partial charge is 0.350 e. The maximum absolute atomic E-state index is 13.7. The Kier molecular flexibility index (Phi) is 5.57. The van der Waals surface area contributed by atoms with Gasteiger partial charge in [0.2, 0.25) is 0 Å². The number of nitrogens with zero attached hydrogens (tertiary/aromatic N) is 2. The molecule has 1 aliphatic heterocycles. The van der Waals surface area contributed by atoms with Crippen molar-refractivity contribution in [1.29, 1.82) is 0 Å². The molecule has 6 heteroatoms. The predicted molar refractivity (Wildman–Crippen MR) is 132 cm³/mol. The first-order valence-electron chi connectivity index (χ1n) is 11.5. The molecule has 2 aliphatic rings. The van der Waals surface area contributed by atoms with Gasteiger partial charge in [0, 0.05) is 18.2 Å². The molecule has 2 fully saturated rings. The molecule has 0 bridgehead atoms. The van der Waals surface area contributed by atoms with E-state index in [4.69, 9.17) is 0 Å². The minimum Gasteiger partial charge on any atom is -0.350 e. The Labute approximate surface area is 198 Å². The number of carbonyl (C=O) groups excluding carboxylic acids is 2. The smallest absolute Gasteiger partial charge is 0.274 e. The average Bonchev–Trinajstić information content (AvgIpc) is 3.25. The van der Waals surface area contributed by atoms with E-state index in [1.807, 2.05) is 49.9 Å². The van der Waals surface area contributed by atoms with Crippen molar-refractivity contribution in [2.75, 3.05) is 6.54 Å². The standard InChI is InChI=1S/C27H29N3O2S/c1-15-6-5-7-19(9-15)25-24(29-18(4)33-25)27(32)30-22(12-20-13-23(20)30)14-28-26(31)21-10-16(2)8-17(3)11-21/h5-11,20,22-23H,12-14H2,1-4H3,(H,28,31)/t20-,22-,23-/m0/s1. The first-order chi connectivity index (χ1) is 15.8. The topological polar surface area (TPSA) is 62.3 Å². The Hall–Kier alpha value is -2.99. The summed E-state index contributed by atoms with van der Waals surface area (Å²) < 4.78 is 0. The summed E-state index contributed by atoms with van der Waals surface area (Å²) in [4.78, 5) is 34.1. The number of piperidine rings is 1. The number of thiazole rings is 1. The lowest BCUT2D eigenvalue weighted by atomic mass is 10.1. The normalized spacial score (nSPS) is 21.1. The minimum atomic E-state index is -0.0836. The van der Waals surface area contributed by atoms with Gasteiger partial charge in [0.15, 0.2) is 0 Å². The first kappa shape index (κ1) is 21.8. The highest BCUT2D eigenvalue weighted by atomic mass is 32.1. The number of carbonyl (C=O) groups is 2. The minimum absolute atomic E-state index is 0.00321. The molecular weight excluding hydrogens is 430 g/mol. The van der Waals surface area contributed by atoms with Crippen molar-refractivity contribution >= 4 is 23.2 Å². The molecule has 0 unspecified atom stereocenters. The van der Waals surface area contributed by atoms with E-state index >= 15 is 0 Å². The van der Waals surface area contributed by atoms with E-state index in [0.29, 0.717) is 23.7 Å². The molecule has 0 spiro atoms. The van der Waals surface area contributed by atoms with Crippen molar-refractivity contribution in [3.05, 3.63) is 75.4 Å². The van der Waals surface area contributed by atoms with Gasteiger partial charge in [-0.25, -0.2) is 4.98 Å². The monoisotopic (exact) mass is 459 g/mol. The molecule has 1 saturated heterocycles. The number of aromatic nitrogens is 1. The molecular formula is C27H29N3O2S. The summed E-state index contributed by atoms with van der Waals surface area (Å²) in [5.41, 5.74) is 5.55. The van der Waals surface area contributed by atoms with Crippen LogP contribution in [0.25, 0.3) is 10.4 Å². The van der Waals surface area contributed by atoms with E-state index < -0.39 is 0 Å². The van der Waals surface area contributed by atoms with Gasteiger partial charge in [0.05, 0.1) is 15.9 Å². The summed E-state index contributed by atoms with van der Waals surface area (Å²) in [6, 6.07) is 14.4. The van der Waals surface area contributed by atoms with E-state index in [9.17, 15) is 9.59 Å². The third-order valence-corrected chi connectivity index (χ3v) is 7.66.